The summed E-state index contributed by atoms with van der Waals surface area (Å²) in [7, 11) is 9.46. The number of likely N-dealkylation sites (tertiary alicyclic amines) is 2. The fourth-order valence-electron chi connectivity index (χ4n) is 14.0. The molecule has 0 spiro atoms. The van der Waals surface area contributed by atoms with E-state index in [1.807, 2.05) is 96.0 Å². The quantitative estimate of drug-likeness (QED) is 0.0172. The number of rotatable bonds is 43. The second-order valence-electron chi connectivity index (χ2n) is 29.6. The van der Waals surface area contributed by atoms with Crippen LogP contribution in [0.4, 0.5) is 21.0 Å². The summed E-state index contributed by atoms with van der Waals surface area (Å²) < 4.78 is 22.9. The number of hydrogen-bond donors (Lipinski definition) is 7. The normalized spacial score (nSPS) is 17.2. The fraction of sp³-hybridized carbons (Fsp3) is 0.620. The number of nitrogens with one attached hydrogen (secondary N) is 6. The molecule has 3 aromatic rings. The number of urea groups is 1. The Balaban J connectivity index is 1.13. The van der Waals surface area contributed by atoms with Crippen LogP contribution in [0, 0.1) is 35.5 Å². The lowest BCUT2D eigenvalue weighted by molar-refractivity contribution is -0.149. The van der Waals surface area contributed by atoms with Gasteiger partial charge in [0, 0.05) is 91.0 Å². The van der Waals surface area contributed by atoms with Crippen LogP contribution in [-0.4, -0.2) is 214 Å². The van der Waals surface area contributed by atoms with Crippen molar-refractivity contribution in [2.24, 2.45) is 41.2 Å². The van der Waals surface area contributed by atoms with Gasteiger partial charge in [-0.15, -0.1) is 0 Å². The van der Waals surface area contributed by atoms with Gasteiger partial charge < -0.3 is 66.4 Å². The van der Waals surface area contributed by atoms with Gasteiger partial charge in [0.2, 0.25) is 53.2 Å². The Morgan fingerprint density at radius 3 is 1.91 bits per heavy atom. The van der Waals surface area contributed by atoms with E-state index in [2.05, 4.69) is 31.9 Å². The first-order chi connectivity index (χ1) is 50.8. The lowest BCUT2D eigenvalue weighted by Crippen LogP contribution is -2.60. The van der Waals surface area contributed by atoms with E-state index in [-0.39, 0.29) is 117 Å². The molecule has 28 heteroatoms. The lowest BCUT2D eigenvalue weighted by Gasteiger charge is -2.41. The van der Waals surface area contributed by atoms with Crippen LogP contribution in [0.15, 0.2) is 78.9 Å². The van der Waals surface area contributed by atoms with Crippen LogP contribution in [-0.2, 0) is 86.3 Å². The molecule has 0 bridgehead atoms. The largest absolute Gasteiger partial charge is 0.467 e. The predicted molar refractivity (Wildman–Crippen MR) is 407 cm³/mol. The van der Waals surface area contributed by atoms with Crippen LogP contribution >= 0.6 is 0 Å². The molecule has 0 aliphatic carbocycles. The monoisotopic (exact) mass is 1490 g/mol. The summed E-state index contributed by atoms with van der Waals surface area (Å²) in [4.78, 5) is 169. The van der Waals surface area contributed by atoms with Gasteiger partial charge in [0.1, 0.15) is 30.8 Å². The number of amides is 12. The number of benzene rings is 3. The molecule has 3 aromatic carbocycles. The summed E-state index contributed by atoms with van der Waals surface area (Å²) in [5.41, 5.74) is 8.61. The summed E-state index contributed by atoms with van der Waals surface area (Å²) in [6.45, 7) is 19.9. The van der Waals surface area contributed by atoms with Crippen molar-refractivity contribution in [2.75, 3.05) is 78.9 Å². The number of likely N-dealkylation sites (N-methyl/N-ethyl adjacent to an activating group) is 2. The van der Waals surface area contributed by atoms with Gasteiger partial charge in [-0.05, 0) is 117 Å². The number of primary amides is 1. The molecule has 28 nitrogen and oxygen atoms in total. The summed E-state index contributed by atoms with van der Waals surface area (Å²) in [5, 5.41) is 16.9. The van der Waals surface area contributed by atoms with Gasteiger partial charge in [-0.2, -0.15) is 0 Å². The van der Waals surface area contributed by atoms with Gasteiger partial charge in [0.15, 0.2) is 0 Å². The van der Waals surface area contributed by atoms with Gasteiger partial charge in [-0.25, -0.2) is 14.4 Å². The number of esters is 1. The van der Waals surface area contributed by atoms with Crippen LogP contribution in [0.25, 0.3) is 0 Å². The lowest BCUT2D eigenvalue weighted by atomic mass is 9.89. The standard InChI is InChI=1S/C79H120N12O16/c1-17-51(8)69(62(104-14)46-65(94)90-42-25-29-61(90)70(105-15)53(10)71(95)84-60(77(101)106-16)45-55-26-20-18-21-27-55)89(13)76(100)67(49(4)5)86-74(98)68(50(6)7)87(11)43-39-54-33-37-58(38-34-54)88(12)79(103)107-47-56-31-35-57(36-32-56)82-72(96)59(28-24-40-81-78(80)102)83-73(97)66(48(2)3)85-63(92)30-22-19-23-41-91-64(93)44-52(9)75(91)99/h18,20-21,26-27,31-38,48-53,59-62,66-70H,17,19,22-25,28-30,39-47H2,1-16H3,(H,82,96)(H,83,97)(H,84,95)(H,85,92)(H,86,98)(H3,80,81,102)/t51-,52?,53+,59-,60-,61-,62+,66-,67-,68-,69-,70+/m0/s1. The van der Waals surface area contributed by atoms with E-state index in [0.717, 1.165) is 11.1 Å². The molecular formula is C79H120N12O16. The van der Waals surface area contributed by atoms with Gasteiger partial charge in [-0.3, -0.25) is 57.9 Å². The van der Waals surface area contributed by atoms with Crippen LogP contribution in [0.1, 0.15) is 157 Å². The second-order valence-corrected chi connectivity index (χ2v) is 29.6. The minimum atomic E-state index is -1.08. The highest BCUT2D eigenvalue weighted by atomic mass is 16.6. The van der Waals surface area contributed by atoms with Crippen molar-refractivity contribution in [3.8, 4) is 0 Å². The number of nitrogens with two attached hydrogens (primary N) is 1. The average molecular weight is 1490 g/mol. The van der Waals surface area contributed by atoms with Crippen LogP contribution in [0.3, 0.4) is 0 Å². The molecule has 12 amide bonds. The molecule has 2 saturated heterocycles. The molecule has 2 aliphatic rings. The maximum absolute atomic E-state index is 14.9. The third-order valence-electron chi connectivity index (χ3n) is 20.5. The molecule has 2 aliphatic heterocycles. The first kappa shape index (κ1) is 88.6. The zero-order valence-corrected chi connectivity index (χ0v) is 65.7. The van der Waals surface area contributed by atoms with Gasteiger partial charge in [-0.1, -0.05) is 137 Å². The maximum Gasteiger partial charge on any atom is 0.414 e. The van der Waals surface area contributed by atoms with Crippen molar-refractivity contribution < 1.29 is 76.5 Å². The predicted octanol–water partition coefficient (Wildman–Crippen LogP) is 6.89. The summed E-state index contributed by atoms with van der Waals surface area (Å²) >= 11 is 0. The molecule has 0 aromatic heterocycles. The third kappa shape index (κ3) is 26.4. The third-order valence-corrected chi connectivity index (χ3v) is 20.5. The summed E-state index contributed by atoms with van der Waals surface area (Å²) in [6, 6.07) is 17.0. The highest BCUT2D eigenvalue weighted by Crippen LogP contribution is 2.31. The Labute approximate surface area is 632 Å². The first-order valence-electron chi connectivity index (χ1n) is 37.7. The number of carbonyl (C=O) groups is 12. The van der Waals surface area contributed by atoms with E-state index < -0.39 is 96.2 Å². The fourth-order valence-corrected chi connectivity index (χ4v) is 14.0. The molecule has 107 heavy (non-hydrogen) atoms. The summed E-state index contributed by atoms with van der Waals surface area (Å²) in [6.07, 6.45) is 2.85. The molecule has 1 unspecified atom stereocenters. The number of nitrogens with zero attached hydrogens (tertiary/aromatic N) is 5. The number of unbranched alkanes of at least 4 members (excludes halogenated alkanes) is 2. The van der Waals surface area contributed by atoms with Crippen molar-refractivity contribution in [3.05, 3.63) is 95.6 Å². The molecular weight excluding hydrogens is 1370 g/mol. The Hall–Kier alpha value is -9.02. The van der Waals surface area contributed by atoms with E-state index in [0.29, 0.717) is 81.5 Å². The molecule has 5 rings (SSSR count). The van der Waals surface area contributed by atoms with Crippen molar-refractivity contribution in [3.63, 3.8) is 0 Å². The van der Waals surface area contributed by atoms with Crippen LogP contribution in [0.5, 0.6) is 0 Å². The van der Waals surface area contributed by atoms with E-state index in [1.54, 1.807) is 88.0 Å². The van der Waals surface area contributed by atoms with Gasteiger partial charge in [0.25, 0.3) is 0 Å². The van der Waals surface area contributed by atoms with Crippen molar-refractivity contribution >= 4 is 82.6 Å². The van der Waals surface area contributed by atoms with E-state index >= 15 is 0 Å². The zero-order chi connectivity index (χ0) is 79.4. The number of anilines is 2. The number of hydrogen-bond acceptors (Lipinski definition) is 17. The summed E-state index contributed by atoms with van der Waals surface area (Å²) in [5.74, 6) is -5.77. The molecule has 12 atom stereocenters. The van der Waals surface area contributed by atoms with Crippen molar-refractivity contribution in [2.45, 2.75) is 214 Å². The number of ether oxygens (including phenoxy) is 4. The van der Waals surface area contributed by atoms with E-state index in [4.69, 9.17) is 24.7 Å². The molecule has 592 valence electrons. The van der Waals surface area contributed by atoms with E-state index in [1.165, 1.54) is 31.1 Å². The average Bonchev–Trinajstić information content (AvgIpc) is 1.80. The Kier molecular flexibility index (Phi) is 36.2. The highest BCUT2D eigenvalue weighted by Gasteiger charge is 2.44. The SMILES string of the molecule is CC[C@H](C)[C@@H]([C@@H](CC(=O)N1CCC[C@H]1[C@H](OC)[C@@H](C)C(=O)N[C@@H](Cc1ccccc1)C(=O)OC)OC)N(C)C(=O)[C@@H](NC(=O)[C@H](C(C)C)N(C)CCc1ccc(N(C)C(=O)OCc2ccc(NC(=O)[C@H](CCCNC(N)=O)NC(=O)[C@@H](NC(=O)CCCCCN3C(=O)CC(C)C3=O)C(C)C)cc2)cc1)C(C)C. The minimum Gasteiger partial charge on any atom is -0.467 e. The molecule has 8 N–H and O–H groups in total. The number of methoxy groups -OCH3 is 3. The molecule has 0 radical (unpaired) electrons. The van der Waals surface area contributed by atoms with Crippen LogP contribution < -0.4 is 42.5 Å². The van der Waals surface area contributed by atoms with Gasteiger partial charge in [0.05, 0.1) is 49.8 Å². The smallest absolute Gasteiger partial charge is 0.414 e. The zero-order valence-electron chi connectivity index (χ0n) is 65.7. The van der Waals surface area contributed by atoms with Crippen molar-refractivity contribution in [1.82, 2.24) is 46.2 Å². The molecule has 2 heterocycles. The minimum absolute atomic E-state index is 0.0692. The highest BCUT2D eigenvalue weighted by molar-refractivity contribution is 6.03. The van der Waals surface area contributed by atoms with Crippen LogP contribution in [0.2, 0.25) is 0 Å². The first-order valence-corrected chi connectivity index (χ1v) is 37.7. The molecule has 0 saturated carbocycles. The number of imide groups is 1. The van der Waals surface area contributed by atoms with Gasteiger partial charge >= 0.3 is 18.1 Å². The Morgan fingerprint density at radius 2 is 1.33 bits per heavy atom. The van der Waals surface area contributed by atoms with E-state index in [9.17, 15) is 57.5 Å². The topological polar surface area (TPSA) is 356 Å². The molecule has 2 fully saturated rings. The number of carbonyl (C=O) groups excluding carboxylic acids is 12. The maximum atomic E-state index is 14.9. The Bertz CT molecular complexity index is 3430. The second kappa shape index (κ2) is 43.7. The Morgan fingerprint density at radius 1 is 0.682 bits per heavy atom. The van der Waals surface area contributed by atoms with Crippen molar-refractivity contribution in [1.29, 1.82) is 0 Å².